The van der Waals surface area contributed by atoms with Gasteiger partial charge in [-0.3, -0.25) is 0 Å². The van der Waals surface area contributed by atoms with E-state index in [1.165, 1.54) is 17.7 Å². The number of nitrogens with zero attached hydrogens (tertiary/aromatic N) is 1. The first kappa shape index (κ1) is 11.0. The minimum absolute atomic E-state index is 0.219. The number of imidazole rings is 1. The molecule has 0 aliphatic heterocycles. The molecule has 0 spiro atoms. The van der Waals surface area contributed by atoms with Crippen LogP contribution in [0.5, 0.6) is 0 Å². The summed E-state index contributed by atoms with van der Waals surface area (Å²) in [6.07, 6.45) is 0. The van der Waals surface area contributed by atoms with E-state index in [0.29, 0.717) is 0 Å². The van der Waals surface area contributed by atoms with E-state index in [9.17, 15) is 4.39 Å². The number of halogens is 1. The maximum Gasteiger partial charge on any atom is 0.138 e. The van der Waals surface area contributed by atoms with Gasteiger partial charge in [0.2, 0.25) is 0 Å². The van der Waals surface area contributed by atoms with Gasteiger partial charge in [0.1, 0.15) is 11.6 Å². The van der Waals surface area contributed by atoms with Crippen molar-refractivity contribution in [2.75, 3.05) is 0 Å². The summed E-state index contributed by atoms with van der Waals surface area (Å²) in [4.78, 5) is 7.82. The summed E-state index contributed by atoms with van der Waals surface area (Å²) in [6.45, 7) is 3.93. The average Bonchev–Trinajstić information content (AvgIpc) is 2.71. The Hall–Kier alpha value is -2.16. The Balaban J connectivity index is 2.19. The second-order valence-corrected chi connectivity index (χ2v) is 4.57. The van der Waals surface area contributed by atoms with Crippen molar-refractivity contribution >= 4 is 11.0 Å². The molecular formula is C15H13FN2. The third kappa shape index (κ3) is 1.78. The Bertz CT molecular complexity index is 728. The highest BCUT2D eigenvalue weighted by Gasteiger charge is 2.08. The number of nitrogens with one attached hydrogen (secondary N) is 1. The van der Waals surface area contributed by atoms with Crippen LogP contribution in [0.3, 0.4) is 0 Å². The Kier molecular flexibility index (Phi) is 2.40. The van der Waals surface area contributed by atoms with Crippen molar-refractivity contribution in [2.24, 2.45) is 0 Å². The smallest absolute Gasteiger partial charge is 0.138 e. The van der Waals surface area contributed by atoms with Gasteiger partial charge in [-0.05, 0) is 55.3 Å². The molecule has 0 saturated heterocycles. The number of benzene rings is 2. The van der Waals surface area contributed by atoms with Crippen molar-refractivity contribution in [3.8, 4) is 11.4 Å². The zero-order chi connectivity index (χ0) is 12.7. The van der Waals surface area contributed by atoms with Gasteiger partial charge >= 0.3 is 0 Å². The molecule has 0 radical (unpaired) electrons. The fourth-order valence-electron chi connectivity index (χ4n) is 2.14. The van der Waals surface area contributed by atoms with E-state index in [4.69, 9.17) is 0 Å². The molecule has 0 fully saturated rings. The highest BCUT2D eigenvalue weighted by atomic mass is 19.1. The molecular weight excluding hydrogens is 227 g/mol. The summed E-state index contributed by atoms with van der Waals surface area (Å²) >= 11 is 0. The molecule has 1 heterocycles. The van der Waals surface area contributed by atoms with E-state index in [1.54, 1.807) is 6.07 Å². The Morgan fingerprint density at radius 3 is 2.67 bits per heavy atom. The molecule has 0 unspecified atom stereocenters. The van der Waals surface area contributed by atoms with Crippen LogP contribution in [0.1, 0.15) is 11.1 Å². The Labute approximate surface area is 104 Å². The minimum Gasteiger partial charge on any atom is -0.338 e. The fraction of sp³-hybridized carbons (Fsp3) is 0.133. The third-order valence-electron chi connectivity index (χ3n) is 3.08. The van der Waals surface area contributed by atoms with Crippen molar-refractivity contribution in [1.82, 2.24) is 9.97 Å². The molecule has 0 aliphatic carbocycles. The van der Waals surface area contributed by atoms with Gasteiger partial charge in [0.05, 0.1) is 11.0 Å². The standard InChI is InChI=1S/C15H13FN2/c1-9-3-6-13-14(7-9)18-15(17-13)12-5-4-11(16)8-10(12)2/h3-8H,1-2H3,(H,17,18). The van der Waals surface area contributed by atoms with Crippen molar-refractivity contribution < 1.29 is 4.39 Å². The lowest BCUT2D eigenvalue weighted by Gasteiger charge is -2.01. The number of fused-ring (bicyclic) bond motifs is 1. The quantitative estimate of drug-likeness (QED) is 0.684. The highest BCUT2D eigenvalue weighted by molar-refractivity contribution is 5.80. The zero-order valence-corrected chi connectivity index (χ0v) is 10.3. The first-order valence-electron chi connectivity index (χ1n) is 5.86. The van der Waals surface area contributed by atoms with Crippen molar-refractivity contribution in [3.63, 3.8) is 0 Å². The van der Waals surface area contributed by atoms with Crippen LogP contribution in [0, 0.1) is 19.7 Å². The predicted molar refractivity (Wildman–Crippen MR) is 71.0 cm³/mol. The molecule has 3 heteroatoms. The lowest BCUT2D eigenvalue weighted by molar-refractivity contribution is 0.627. The van der Waals surface area contributed by atoms with E-state index in [2.05, 4.69) is 16.0 Å². The first-order valence-corrected chi connectivity index (χ1v) is 5.86. The molecule has 0 aliphatic rings. The largest absolute Gasteiger partial charge is 0.338 e. The van der Waals surface area contributed by atoms with Gasteiger partial charge in [0, 0.05) is 5.56 Å². The van der Waals surface area contributed by atoms with E-state index in [-0.39, 0.29) is 5.82 Å². The summed E-state index contributed by atoms with van der Waals surface area (Å²) in [5, 5.41) is 0. The van der Waals surface area contributed by atoms with Crippen LogP contribution < -0.4 is 0 Å². The zero-order valence-electron chi connectivity index (χ0n) is 10.3. The van der Waals surface area contributed by atoms with Crippen LogP contribution in [0.15, 0.2) is 36.4 Å². The summed E-state index contributed by atoms with van der Waals surface area (Å²) in [5.41, 5.74) is 4.94. The molecule has 3 aromatic rings. The highest BCUT2D eigenvalue weighted by Crippen LogP contribution is 2.24. The first-order chi connectivity index (χ1) is 8.63. The maximum absolute atomic E-state index is 13.1. The normalized spacial score (nSPS) is 11.1. The second-order valence-electron chi connectivity index (χ2n) is 4.57. The number of H-pyrrole nitrogens is 1. The molecule has 90 valence electrons. The molecule has 1 aromatic heterocycles. The second kappa shape index (κ2) is 3.95. The van der Waals surface area contributed by atoms with E-state index in [0.717, 1.165) is 28.0 Å². The lowest BCUT2D eigenvalue weighted by Crippen LogP contribution is -1.86. The molecule has 2 nitrogen and oxygen atoms in total. The molecule has 0 atom stereocenters. The molecule has 2 aromatic carbocycles. The van der Waals surface area contributed by atoms with Crippen LogP contribution in [0.2, 0.25) is 0 Å². The average molecular weight is 240 g/mol. The van der Waals surface area contributed by atoms with Gasteiger partial charge < -0.3 is 4.98 Å². The molecule has 0 amide bonds. The number of hydrogen-bond acceptors (Lipinski definition) is 1. The number of hydrogen-bond donors (Lipinski definition) is 1. The van der Waals surface area contributed by atoms with Crippen molar-refractivity contribution in [2.45, 2.75) is 13.8 Å². The van der Waals surface area contributed by atoms with Crippen molar-refractivity contribution in [1.29, 1.82) is 0 Å². The Morgan fingerprint density at radius 2 is 1.89 bits per heavy atom. The van der Waals surface area contributed by atoms with Crippen LogP contribution in [-0.4, -0.2) is 9.97 Å². The van der Waals surface area contributed by atoms with Crippen LogP contribution in [0.25, 0.3) is 22.4 Å². The minimum atomic E-state index is -0.219. The van der Waals surface area contributed by atoms with Gasteiger partial charge in [-0.25, -0.2) is 9.37 Å². The summed E-state index contributed by atoms with van der Waals surface area (Å²) in [7, 11) is 0. The van der Waals surface area contributed by atoms with Crippen LogP contribution in [0.4, 0.5) is 4.39 Å². The summed E-state index contributed by atoms with van der Waals surface area (Å²) in [5.74, 6) is 0.566. The van der Waals surface area contributed by atoms with E-state index in [1.807, 2.05) is 26.0 Å². The van der Waals surface area contributed by atoms with Gasteiger partial charge in [-0.1, -0.05) is 6.07 Å². The maximum atomic E-state index is 13.1. The van der Waals surface area contributed by atoms with E-state index < -0.39 is 0 Å². The van der Waals surface area contributed by atoms with Crippen LogP contribution >= 0.6 is 0 Å². The monoisotopic (exact) mass is 240 g/mol. The van der Waals surface area contributed by atoms with Gasteiger partial charge in [-0.15, -0.1) is 0 Å². The molecule has 18 heavy (non-hydrogen) atoms. The number of aromatic nitrogens is 2. The van der Waals surface area contributed by atoms with E-state index >= 15 is 0 Å². The van der Waals surface area contributed by atoms with Gasteiger partial charge in [0.25, 0.3) is 0 Å². The van der Waals surface area contributed by atoms with Crippen LogP contribution in [-0.2, 0) is 0 Å². The lowest BCUT2D eigenvalue weighted by atomic mass is 10.1. The van der Waals surface area contributed by atoms with Crippen molar-refractivity contribution in [3.05, 3.63) is 53.3 Å². The SMILES string of the molecule is Cc1ccc2nc(-c3ccc(F)cc3C)[nH]c2c1. The molecule has 0 saturated carbocycles. The molecule has 0 bridgehead atoms. The van der Waals surface area contributed by atoms with Gasteiger partial charge in [-0.2, -0.15) is 0 Å². The van der Waals surface area contributed by atoms with Gasteiger partial charge in [0.15, 0.2) is 0 Å². The number of aryl methyl sites for hydroxylation is 2. The molecule has 3 rings (SSSR count). The topological polar surface area (TPSA) is 28.7 Å². The number of rotatable bonds is 1. The molecule has 1 N–H and O–H groups in total. The fourth-order valence-corrected chi connectivity index (χ4v) is 2.14. The summed E-state index contributed by atoms with van der Waals surface area (Å²) in [6, 6.07) is 10.8. The number of aromatic amines is 1. The Morgan fingerprint density at radius 1 is 1.06 bits per heavy atom. The predicted octanol–water partition coefficient (Wildman–Crippen LogP) is 3.99. The third-order valence-corrected chi connectivity index (χ3v) is 3.08. The summed E-state index contributed by atoms with van der Waals surface area (Å²) < 4.78 is 13.1.